The lowest BCUT2D eigenvalue weighted by Crippen LogP contribution is -2.26. The molecule has 6 heteroatoms. The van der Waals surface area contributed by atoms with Gasteiger partial charge in [-0.3, -0.25) is 0 Å². The van der Waals surface area contributed by atoms with Gasteiger partial charge in [-0.25, -0.2) is 13.1 Å². The number of sulfonamides is 1. The summed E-state index contributed by atoms with van der Waals surface area (Å²) in [5.74, 6) is 0.943. The molecule has 1 aromatic rings. The van der Waals surface area contributed by atoms with E-state index in [1.807, 2.05) is 24.3 Å². The average Bonchev–Trinajstić information content (AvgIpc) is 2.49. The summed E-state index contributed by atoms with van der Waals surface area (Å²) >= 11 is 0. The lowest BCUT2D eigenvalue weighted by Gasteiger charge is -2.08. The molecule has 0 bridgehead atoms. The molecule has 0 aromatic heterocycles. The Morgan fingerprint density at radius 3 is 2.43 bits per heavy atom. The van der Waals surface area contributed by atoms with Crippen molar-refractivity contribution in [3.05, 3.63) is 29.8 Å². The first-order valence-electron chi connectivity index (χ1n) is 7.38. The molecule has 0 spiro atoms. The van der Waals surface area contributed by atoms with Crippen molar-refractivity contribution in [3.8, 4) is 5.75 Å². The van der Waals surface area contributed by atoms with E-state index in [0.717, 1.165) is 37.2 Å². The van der Waals surface area contributed by atoms with Crippen LogP contribution in [0.15, 0.2) is 24.3 Å². The lowest BCUT2D eigenvalue weighted by atomic mass is 10.2. The Balaban J connectivity index is 2.25. The van der Waals surface area contributed by atoms with E-state index in [1.54, 1.807) is 7.11 Å². The van der Waals surface area contributed by atoms with Gasteiger partial charge in [-0.2, -0.15) is 0 Å². The largest absolute Gasteiger partial charge is 0.497 e. The first kappa shape index (κ1) is 17.9. The molecule has 0 unspecified atom stereocenters. The van der Waals surface area contributed by atoms with E-state index < -0.39 is 10.0 Å². The summed E-state index contributed by atoms with van der Waals surface area (Å²) < 4.78 is 31.4. The summed E-state index contributed by atoms with van der Waals surface area (Å²) in [6.45, 7) is 4.30. The zero-order valence-electron chi connectivity index (χ0n) is 12.9. The molecule has 0 aliphatic rings. The highest BCUT2D eigenvalue weighted by atomic mass is 32.2. The number of ether oxygens (including phenoxy) is 1. The maximum atomic E-state index is 11.9. The molecule has 0 aliphatic heterocycles. The molecule has 2 N–H and O–H groups in total. The van der Waals surface area contributed by atoms with E-state index in [2.05, 4.69) is 17.0 Å². The van der Waals surface area contributed by atoms with Crippen LogP contribution in [-0.4, -0.2) is 34.4 Å². The van der Waals surface area contributed by atoms with Crippen LogP contribution in [0.2, 0.25) is 0 Å². The van der Waals surface area contributed by atoms with E-state index in [1.165, 1.54) is 0 Å². The molecule has 0 amide bonds. The predicted molar refractivity (Wildman–Crippen MR) is 86.0 cm³/mol. The molecule has 21 heavy (non-hydrogen) atoms. The molecule has 0 fully saturated rings. The summed E-state index contributed by atoms with van der Waals surface area (Å²) in [4.78, 5) is 0. The molecule has 0 saturated carbocycles. The highest BCUT2D eigenvalue weighted by Gasteiger charge is 2.09. The number of unbranched alkanes of at least 4 members (excludes halogenated alkanes) is 1. The summed E-state index contributed by atoms with van der Waals surface area (Å²) in [5.41, 5.74) is 0.920. The summed E-state index contributed by atoms with van der Waals surface area (Å²) in [6, 6.07) is 7.36. The van der Waals surface area contributed by atoms with Crippen molar-refractivity contribution in [1.29, 1.82) is 0 Å². The smallest absolute Gasteiger partial charge is 0.211 e. The van der Waals surface area contributed by atoms with Crippen molar-refractivity contribution in [2.75, 3.05) is 26.0 Å². The maximum Gasteiger partial charge on any atom is 0.211 e. The Hall–Kier alpha value is -1.11. The average molecular weight is 314 g/mol. The number of methoxy groups -OCH3 is 1. The van der Waals surface area contributed by atoms with Crippen LogP contribution in [0, 0.1) is 0 Å². The Labute approximate surface area is 128 Å². The third-order valence-electron chi connectivity index (χ3n) is 3.10. The van der Waals surface area contributed by atoms with Crippen LogP contribution in [0.4, 0.5) is 0 Å². The van der Waals surface area contributed by atoms with Gasteiger partial charge < -0.3 is 10.1 Å². The van der Waals surface area contributed by atoms with Crippen LogP contribution < -0.4 is 14.8 Å². The molecule has 0 radical (unpaired) electrons. The highest BCUT2D eigenvalue weighted by molar-refractivity contribution is 7.89. The van der Waals surface area contributed by atoms with Crippen LogP contribution in [0.1, 0.15) is 31.7 Å². The van der Waals surface area contributed by atoms with Gasteiger partial charge in [0.25, 0.3) is 0 Å². The van der Waals surface area contributed by atoms with Crippen LogP contribution in [0.3, 0.4) is 0 Å². The van der Waals surface area contributed by atoms with Gasteiger partial charge in [0.2, 0.25) is 10.0 Å². The van der Waals surface area contributed by atoms with Gasteiger partial charge in [-0.1, -0.05) is 19.1 Å². The van der Waals surface area contributed by atoms with Crippen molar-refractivity contribution >= 4 is 10.0 Å². The van der Waals surface area contributed by atoms with Crippen molar-refractivity contribution in [2.24, 2.45) is 0 Å². The van der Waals surface area contributed by atoms with Crippen molar-refractivity contribution in [2.45, 2.75) is 32.7 Å². The monoisotopic (exact) mass is 314 g/mol. The molecule has 5 nitrogen and oxygen atoms in total. The number of hydrogen-bond acceptors (Lipinski definition) is 4. The molecule has 120 valence electrons. The normalized spacial score (nSPS) is 11.5. The Morgan fingerprint density at radius 1 is 1.10 bits per heavy atom. The van der Waals surface area contributed by atoms with E-state index >= 15 is 0 Å². The maximum absolute atomic E-state index is 11.9. The third-order valence-corrected chi connectivity index (χ3v) is 4.51. The van der Waals surface area contributed by atoms with Gasteiger partial charge in [0.1, 0.15) is 5.75 Å². The minimum Gasteiger partial charge on any atom is -0.497 e. The summed E-state index contributed by atoms with van der Waals surface area (Å²) in [7, 11) is -1.59. The van der Waals surface area contributed by atoms with Crippen LogP contribution >= 0.6 is 0 Å². The van der Waals surface area contributed by atoms with Gasteiger partial charge in [0.05, 0.1) is 12.9 Å². The van der Waals surface area contributed by atoms with Gasteiger partial charge in [-0.05, 0) is 50.0 Å². The fraction of sp³-hybridized carbons (Fsp3) is 0.600. The standard InChI is InChI=1S/C15H26N2O3S/c1-3-10-16-11-4-5-12-21(18,19)17-13-14-6-8-15(20-2)9-7-14/h6-9,16-17H,3-5,10-13H2,1-2H3. The zero-order valence-corrected chi connectivity index (χ0v) is 13.7. The SMILES string of the molecule is CCCNCCCCS(=O)(=O)NCc1ccc(OC)cc1. The fourth-order valence-electron chi connectivity index (χ4n) is 1.85. The number of rotatable bonds is 11. The third kappa shape index (κ3) is 8.04. The number of benzene rings is 1. The molecule has 1 rings (SSSR count). The second-order valence-electron chi connectivity index (χ2n) is 4.95. The Bertz CT molecular complexity index is 486. The Kier molecular flexibility index (Phi) is 8.34. The highest BCUT2D eigenvalue weighted by Crippen LogP contribution is 2.11. The molecular weight excluding hydrogens is 288 g/mol. The number of hydrogen-bond donors (Lipinski definition) is 2. The molecule has 0 heterocycles. The zero-order chi connectivity index (χ0) is 15.6. The van der Waals surface area contributed by atoms with Gasteiger partial charge in [0, 0.05) is 6.54 Å². The Morgan fingerprint density at radius 2 is 1.81 bits per heavy atom. The lowest BCUT2D eigenvalue weighted by molar-refractivity contribution is 0.414. The van der Waals surface area contributed by atoms with E-state index in [0.29, 0.717) is 13.0 Å². The minimum absolute atomic E-state index is 0.178. The van der Waals surface area contributed by atoms with Crippen molar-refractivity contribution in [1.82, 2.24) is 10.0 Å². The van der Waals surface area contributed by atoms with Crippen molar-refractivity contribution in [3.63, 3.8) is 0 Å². The topological polar surface area (TPSA) is 67.4 Å². The van der Waals surface area contributed by atoms with E-state index in [4.69, 9.17) is 4.74 Å². The first-order chi connectivity index (χ1) is 10.1. The molecule has 1 aromatic carbocycles. The second kappa shape index (κ2) is 9.76. The quantitative estimate of drug-likeness (QED) is 0.612. The summed E-state index contributed by atoms with van der Waals surface area (Å²) in [6.07, 6.45) is 2.65. The van der Waals surface area contributed by atoms with Crippen molar-refractivity contribution < 1.29 is 13.2 Å². The van der Waals surface area contributed by atoms with Gasteiger partial charge in [0.15, 0.2) is 0 Å². The predicted octanol–water partition coefficient (Wildman–Crippen LogP) is 1.89. The van der Waals surface area contributed by atoms with Crippen LogP contribution in [0.25, 0.3) is 0 Å². The van der Waals surface area contributed by atoms with Gasteiger partial charge in [-0.15, -0.1) is 0 Å². The second-order valence-corrected chi connectivity index (χ2v) is 6.87. The van der Waals surface area contributed by atoms with E-state index in [-0.39, 0.29) is 5.75 Å². The molecule has 0 saturated heterocycles. The molecule has 0 aliphatic carbocycles. The number of nitrogens with one attached hydrogen (secondary N) is 2. The molecular formula is C15H26N2O3S. The van der Waals surface area contributed by atoms with E-state index in [9.17, 15) is 8.42 Å². The minimum atomic E-state index is -3.20. The van der Waals surface area contributed by atoms with Gasteiger partial charge >= 0.3 is 0 Å². The summed E-state index contributed by atoms with van der Waals surface area (Å²) in [5, 5.41) is 3.26. The molecule has 0 atom stereocenters. The first-order valence-corrected chi connectivity index (χ1v) is 9.03. The van der Waals surface area contributed by atoms with Crippen LogP contribution in [0.5, 0.6) is 5.75 Å². The van der Waals surface area contributed by atoms with Crippen LogP contribution in [-0.2, 0) is 16.6 Å². The fourth-order valence-corrected chi connectivity index (χ4v) is 2.97.